The molecule has 0 heterocycles. The number of benzene rings is 1. The van der Waals surface area contributed by atoms with E-state index in [1.54, 1.807) is 23.9 Å². The maximum atomic E-state index is 12.9. The highest BCUT2D eigenvalue weighted by atomic mass is 32.2. The molecule has 0 bridgehead atoms. The van der Waals surface area contributed by atoms with Crippen LogP contribution in [0.5, 0.6) is 0 Å². The minimum atomic E-state index is -4.28. The summed E-state index contributed by atoms with van der Waals surface area (Å²) in [5.74, 6) is 1.58. The zero-order valence-electron chi connectivity index (χ0n) is 12.2. The summed E-state index contributed by atoms with van der Waals surface area (Å²) >= 11 is 1.56. The Morgan fingerprint density at radius 3 is 2.48 bits per heavy atom. The molecule has 21 heavy (non-hydrogen) atoms. The van der Waals surface area contributed by atoms with Gasteiger partial charge in [0.05, 0.1) is 5.56 Å². The van der Waals surface area contributed by atoms with Gasteiger partial charge in [-0.3, -0.25) is 0 Å². The number of rotatable bonds is 4. The largest absolute Gasteiger partial charge is 0.416 e. The summed E-state index contributed by atoms with van der Waals surface area (Å²) in [6.45, 7) is 1.81. The van der Waals surface area contributed by atoms with E-state index in [1.807, 2.05) is 13.0 Å². The van der Waals surface area contributed by atoms with Crippen LogP contribution in [0.2, 0.25) is 0 Å². The summed E-state index contributed by atoms with van der Waals surface area (Å²) in [4.78, 5) is 0.725. The molecule has 1 aromatic carbocycles. The number of allylic oxidation sites excluding steroid dienone is 1. The third-order valence-electron chi connectivity index (χ3n) is 3.83. The molecule has 0 atom stereocenters. The number of halogens is 3. The average Bonchev–Trinajstić information content (AvgIpc) is 2.45. The Kier molecular flexibility index (Phi) is 5.80. The minimum Gasteiger partial charge on any atom is -0.166 e. The summed E-state index contributed by atoms with van der Waals surface area (Å²) in [7, 11) is 0. The van der Waals surface area contributed by atoms with Crippen molar-refractivity contribution < 1.29 is 13.2 Å². The lowest BCUT2D eigenvalue weighted by Gasteiger charge is -2.21. The van der Waals surface area contributed by atoms with Crippen LogP contribution in [0.1, 0.15) is 50.2 Å². The molecule has 1 saturated carbocycles. The molecule has 0 unspecified atom stereocenters. The van der Waals surface area contributed by atoms with E-state index in [9.17, 15) is 13.2 Å². The van der Waals surface area contributed by atoms with Crippen molar-refractivity contribution in [3.05, 3.63) is 35.4 Å². The van der Waals surface area contributed by atoms with Crippen LogP contribution in [-0.2, 0) is 6.18 Å². The van der Waals surface area contributed by atoms with Crippen LogP contribution in [0.25, 0.3) is 6.08 Å². The molecule has 0 saturated heterocycles. The van der Waals surface area contributed by atoms with E-state index in [2.05, 4.69) is 0 Å². The molecule has 2 rings (SSSR count). The predicted molar refractivity (Wildman–Crippen MR) is 83.5 cm³/mol. The van der Waals surface area contributed by atoms with Gasteiger partial charge < -0.3 is 0 Å². The molecular formula is C17H21F3S. The van der Waals surface area contributed by atoms with Gasteiger partial charge in [0.25, 0.3) is 0 Å². The van der Waals surface area contributed by atoms with Gasteiger partial charge in [0.2, 0.25) is 0 Å². The smallest absolute Gasteiger partial charge is 0.166 e. The molecule has 116 valence electrons. The Hall–Kier alpha value is -0.900. The van der Waals surface area contributed by atoms with E-state index in [0.29, 0.717) is 11.5 Å². The van der Waals surface area contributed by atoms with Crippen LogP contribution < -0.4 is 0 Å². The molecular weight excluding hydrogens is 293 g/mol. The lowest BCUT2D eigenvalue weighted by atomic mass is 9.91. The first-order chi connectivity index (χ1) is 9.99. The second kappa shape index (κ2) is 7.39. The molecule has 0 nitrogen and oxygen atoms in total. The fourth-order valence-corrected chi connectivity index (χ4v) is 3.92. The summed E-state index contributed by atoms with van der Waals surface area (Å²) in [5.41, 5.74) is 0.0720. The Balaban J connectivity index is 2.11. The molecule has 0 radical (unpaired) electrons. The highest BCUT2D eigenvalue weighted by Crippen LogP contribution is 2.35. The standard InChI is InChI=1S/C17H21F3S/c1-2-6-14-9-15(17(18,19)20)11-16(10-14)21-12-13-7-4-3-5-8-13/h2,6,9-11,13H,3-5,7-8,12H2,1H3/b6-2+. The highest BCUT2D eigenvalue weighted by molar-refractivity contribution is 7.99. The third kappa shape index (κ3) is 5.10. The van der Waals surface area contributed by atoms with E-state index >= 15 is 0 Å². The van der Waals surface area contributed by atoms with E-state index in [1.165, 1.54) is 44.2 Å². The molecule has 0 N–H and O–H groups in total. The van der Waals surface area contributed by atoms with Crippen LogP contribution in [0.3, 0.4) is 0 Å². The van der Waals surface area contributed by atoms with Gasteiger partial charge in [-0.25, -0.2) is 0 Å². The van der Waals surface area contributed by atoms with Crippen LogP contribution >= 0.6 is 11.8 Å². The van der Waals surface area contributed by atoms with Crippen molar-refractivity contribution >= 4 is 17.8 Å². The van der Waals surface area contributed by atoms with Gasteiger partial charge in [0, 0.05) is 10.6 Å². The topological polar surface area (TPSA) is 0 Å². The van der Waals surface area contributed by atoms with Crippen molar-refractivity contribution in [2.24, 2.45) is 5.92 Å². The average molecular weight is 314 g/mol. The lowest BCUT2D eigenvalue weighted by Crippen LogP contribution is -2.09. The maximum Gasteiger partial charge on any atom is 0.416 e. The van der Waals surface area contributed by atoms with Crippen molar-refractivity contribution in [1.82, 2.24) is 0 Å². The number of hydrogen-bond acceptors (Lipinski definition) is 1. The van der Waals surface area contributed by atoms with Gasteiger partial charge in [0.1, 0.15) is 0 Å². The second-order valence-corrected chi connectivity index (χ2v) is 6.70. The number of thioether (sulfide) groups is 1. The van der Waals surface area contributed by atoms with Crippen LogP contribution in [-0.4, -0.2) is 5.75 Å². The Morgan fingerprint density at radius 1 is 1.14 bits per heavy atom. The number of alkyl halides is 3. The van der Waals surface area contributed by atoms with Crippen LogP contribution in [0.15, 0.2) is 29.2 Å². The van der Waals surface area contributed by atoms with E-state index in [0.717, 1.165) is 10.6 Å². The van der Waals surface area contributed by atoms with E-state index in [4.69, 9.17) is 0 Å². The van der Waals surface area contributed by atoms with Gasteiger partial charge in [-0.2, -0.15) is 13.2 Å². The Bertz CT molecular complexity index is 485. The SMILES string of the molecule is C/C=C/c1cc(SCC2CCCCC2)cc(C(F)(F)F)c1. The molecule has 1 aromatic rings. The first-order valence-electron chi connectivity index (χ1n) is 7.47. The van der Waals surface area contributed by atoms with Crippen molar-refractivity contribution in [3.63, 3.8) is 0 Å². The van der Waals surface area contributed by atoms with Crippen LogP contribution in [0.4, 0.5) is 13.2 Å². The summed E-state index contributed by atoms with van der Waals surface area (Å²) in [6, 6.07) is 4.34. The third-order valence-corrected chi connectivity index (χ3v) is 5.03. The Morgan fingerprint density at radius 2 is 1.86 bits per heavy atom. The van der Waals surface area contributed by atoms with Crippen molar-refractivity contribution in [1.29, 1.82) is 0 Å². The van der Waals surface area contributed by atoms with Gasteiger partial charge >= 0.3 is 6.18 Å². The molecule has 0 amide bonds. The molecule has 1 aliphatic rings. The predicted octanol–water partition coefficient (Wildman–Crippen LogP) is 6.41. The minimum absolute atomic E-state index is 0.552. The first-order valence-corrected chi connectivity index (χ1v) is 8.45. The molecule has 1 fully saturated rings. The second-order valence-electron chi connectivity index (χ2n) is 5.60. The monoisotopic (exact) mass is 314 g/mol. The highest BCUT2D eigenvalue weighted by Gasteiger charge is 2.31. The molecule has 0 spiro atoms. The van der Waals surface area contributed by atoms with Crippen molar-refractivity contribution in [2.45, 2.75) is 50.1 Å². The number of hydrogen-bond donors (Lipinski definition) is 0. The quantitative estimate of drug-likeness (QED) is 0.578. The molecule has 4 heteroatoms. The Labute approximate surface area is 128 Å². The zero-order valence-corrected chi connectivity index (χ0v) is 13.1. The van der Waals surface area contributed by atoms with E-state index < -0.39 is 11.7 Å². The summed E-state index contributed by atoms with van der Waals surface area (Å²) in [5, 5.41) is 0. The van der Waals surface area contributed by atoms with Crippen molar-refractivity contribution in [2.75, 3.05) is 5.75 Å². The van der Waals surface area contributed by atoms with Gasteiger partial charge in [-0.1, -0.05) is 31.4 Å². The fourth-order valence-electron chi connectivity index (χ4n) is 2.73. The molecule has 0 aliphatic heterocycles. The molecule has 1 aliphatic carbocycles. The summed E-state index contributed by atoms with van der Waals surface area (Å²) in [6.07, 6.45) is 5.47. The molecule has 0 aromatic heterocycles. The van der Waals surface area contributed by atoms with Crippen LogP contribution in [0, 0.1) is 5.92 Å². The van der Waals surface area contributed by atoms with Crippen molar-refractivity contribution in [3.8, 4) is 0 Å². The van der Waals surface area contributed by atoms with Gasteiger partial charge in [-0.15, -0.1) is 11.8 Å². The normalized spacial score (nSPS) is 17.5. The zero-order chi connectivity index (χ0) is 15.3. The fraction of sp³-hybridized carbons (Fsp3) is 0.529. The van der Waals surface area contributed by atoms with Gasteiger partial charge in [-0.05, 0) is 49.4 Å². The summed E-state index contributed by atoms with van der Waals surface area (Å²) < 4.78 is 38.8. The lowest BCUT2D eigenvalue weighted by molar-refractivity contribution is -0.137. The van der Waals surface area contributed by atoms with Gasteiger partial charge in [0.15, 0.2) is 0 Å². The first kappa shape index (κ1) is 16.5. The van der Waals surface area contributed by atoms with E-state index in [-0.39, 0.29) is 0 Å². The maximum absolute atomic E-state index is 12.9.